The lowest BCUT2D eigenvalue weighted by Gasteiger charge is -2.07. The summed E-state index contributed by atoms with van der Waals surface area (Å²) in [5, 5.41) is 0.743. The summed E-state index contributed by atoms with van der Waals surface area (Å²) < 4.78 is 36.7. The summed E-state index contributed by atoms with van der Waals surface area (Å²) in [6.45, 7) is 0. The summed E-state index contributed by atoms with van der Waals surface area (Å²) in [5.74, 6) is 0.822. The first kappa shape index (κ1) is 10.9. The highest BCUT2D eigenvalue weighted by molar-refractivity contribution is 7.99. The number of benzene rings is 1. The summed E-state index contributed by atoms with van der Waals surface area (Å²) in [6, 6.07) is 5.45. The van der Waals surface area contributed by atoms with Crippen molar-refractivity contribution >= 4 is 11.8 Å². The summed E-state index contributed by atoms with van der Waals surface area (Å²) in [4.78, 5) is 0. The molecule has 0 aliphatic heterocycles. The summed E-state index contributed by atoms with van der Waals surface area (Å²) in [5.41, 5.74) is 0.405. The van der Waals surface area contributed by atoms with Gasteiger partial charge in [0.15, 0.2) is 0 Å². The third-order valence-electron chi connectivity index (χ3n) is 2.29. The van der Waals surface area contributed by atoms with Crippen LogP contribution >= 0.6 is 11.8 Å². The van der Waals surface area contributed by atoms with E-state index in [-0.39, 0.29) is 0 Å². The lowest BCUT2D eigenvalue weighted by atomic mass is 10.1. The molecule has 0 atom stereocenters. The second-order valence-electron chi connectivity index (χ2n) is 3.71. The highest BCUT2D eigenvalue weighted by Crippen LogP contribution is 2.36. The van der Waals surface area contributed by atoms with Gasteiger partial charge in [-0.15, -0.1) is 0 Å². The average Bonchev–Trinajstić information content (AvgIpc) is 2.97. The molecule has 1 aliphatic carbocycles. The van der Waals surface area contributed by atoms with Crippen LogP contribution in [0.15, 0.2) is 24.3 Å². The molecule has 1 aliphatic rings. The van der Waals surface area contributed by atoms with E-state index in [0.717, 1.165) is 28.7 Å². The van der Waals surface area contributed by atoms with Crippen molar-refractivity contribution in [3.05, 3.63) is 35.4 Å². The Morgan fingerprint density at radius 1 is 1.13 bits per heavy atom. The molecular formula is C11H11F3S. The van der Waals surface area contributed by atoms with Crippen molar-refractivity contribution in [2.24, 2.45) is 0 Å². The van der Waals surface area contributed by atoms with Gasteiger partial charge in [-0.3, -0.25) is 0 Å². The van der Waals surface area contributed by atoms with Crippen LogP contribution in [0.1, 0.15) is 24.0 Å². The van der Waals surface area contributed by atoms with Crippen molar-refractivity contribution in [3.63, 3.8) is 0 Å². The molecule has 0 amide bonds. The van der Waals surface area contributed by atoms with Crippen LogP contribution in [0.3, 0.4) is 0 Å². The van der Waals surface area contributed by atoms with Crippen LogP contribution in [0.2, 0.25) is 0 Å². The molecule has 0 radical (unpaired) electrons. The van der Waals surface area contributed by atoms with E-state index >= 15 is 0 Å². The van der Waals surface area contributed by atoms with Crippen molar-refractivity contribution in [3.8, 4) is 0 Å². The highest BCUT2D eigenvalue weighted by Gasteiger charge is 2.30. The Hall–Kier alpha value is -0.640. The Morgan fingerprint density at radius 3 is 2.20 bits per heavy atom. The van der Waals surface area contributed by atoms with Gasteiger partial charge in [0.05, 0.1) is 5.56 Å². The standard InChI is InChI=1S/C11H11F3S/c12-11(13,14)9-3-1-8(2-4-9)7-15-10-5-6-10/h1-4,10H,5-7H2. The van der Waals surface area contributed by atoms with E-state index in [4.69, 9.17) is 0 Å². The Balaban J connectivity index is 1.96. The van der Waals surface area contributed by atoms with Gasteiger partial charge in [0.1, 0.15) is 0 Å². The fourth-order valence-electron chi connectivity index (χ4n) is 1.24. The van der Waals surface area contributed by atoms with Gasteiger partial charge in [-0.05, 0) is 30.5 Å². The molecule has 0 bridgehead atoms. The molecule has 1 aromatic rings. The molecule has 1 aromatic carbocycles. The summed E-state index contributed by atoms with van der Waals surface area (Å²) in [7, 11) is 0. The molecule has 2 rings (SSSR count). The van der Waals surface area contributed by atoms with Gasteiger partial charge in [0.2, 0.25) is 0 Å². The minimum atomic E-state index is -4.22. The molecule has 0 N–H and O–H groups in total. The molecule has 0 spiro atoms. The van der Waals surface area contributed by atoms with E-state index in [1.807, 2.05) is 11.8 Å². The number of hydrogen-bond acceptors (Lipinski definition) is 1. The van der Waals surface area contributed by atoms with Gasteiger partial charge in [0, 0.05) is 11.0 Å². The quantitative estimate of drug-likeness (QED) is 0.756. The molecule has 0 heterocycles. The van der Waals surface area contributed by atoms with Crippen molar-refractivity contribution in [1.29, 1.82) is 0 Å². The van der Waals surface area contributed by atoms with Crippen LogP contribution in [0, 0.1) is 0 Å². The average molecular weight is 232 g/mol. The number of hydrogen-bond donors (Lipinski definition) is 0. The first-order valence-corrected chi connectivity index (χ1v) is 5.88. The van der Waals surface area contributed by atoms with Crippen LogP contribution in [0.25, 0.3) is 0 Å². The molecular weight excluding hydrogens is 221 g/mol. The van der Waals surface area contributed by atoms with Crippen LogP contribution in [0.5, 0.6) is 0 Å². The maximum absolute atomic E-state index is 12.2. The first-order chi connectivity index (χ1) is 7.05. The summed E-state index contributed by atoms with van der Waals surface area (Å²) in [6.07, 6.45) is -1.71. The normalized spacial score (nSPS) is 16.7. The molecule has 1 saturated carbocycles. The predicted molar refractivity (Wildman–Crippen MR) is 55.8 cm³/mol. The lowest BCUT2D eigenvalue weighted by Crippen LogP contribution is -2.04. The van der Waals surface area contributed by atoms with Gasteiger partial charge in [-0.1, -0.05) is 12.1 Å². The Kier molecular flexibility index (Phi) is 2.96. The zero-order chi connectivity index (χ0) is 10.9. The van der Waals surface area contributed by atoms with Crippen molar-refractivity contribution in [1.82, 2.24) is 0 Å². The monoisotopic (exact) mass is 232 g/mol. The maximum atomic E-state index is 12.2. The molecule has 4 heteroatoms. The zero-order valence-electron chi connectivity index (χ0n) is 8.05. The molecule has 0 saturated heterocycles. The number of rotatable bonds is 3. The zero-order valence-corrected chi connectivity index (χ0v) is 8.87. The predicted octanol–water partition coefficient (Wildman–Crippen LogP) is 4.10. The fraction of sp³-hybridized carbons (Fsp3) is 0.455. The second-order valence-corrected chi connectivity index (χ2v) is 4.99. The van der Waals surface area contributed by atoms with Crippen molar-refractivity contribution in [2.45, 2.75) is 30.0 Å². The van der Waals surface area contributed by atoms with Crippen LogP contribution in [-0.4, -0.2) is 5.25 Å². The Labute approximate surface area is 90.9 Å². The third kappa shape index (κ3) is 3.16. The van der Waals surface area contributed by atoms with Gasteiger partial charge in [0.25, 0.3) is 0 Å². The van der Waals surface area contributed by atoms with E-state index in [9.17, 15) is 13.2 Å². The number of alkyl halides is 3. The van der Waals surface area contributed by atoms with Crippen molar-refractivity contribution in [2.75, 3.05) is 0 Å². The molecule has 15 heavy (non-hydrogen) atoms. The van der Waals surface area contributed by atoms with Gasteiger partial charge < -0.3 is 0 Å². The van der Waals surface area contributed by atoms with Crippen LogP contribution in [-0.2, 0) is 11.9 Å². The molecule has 0 aromatic heterocycles. The SMILES string of the molecule is FC(F)(F)c1ccc(CSC2CC2)cc1. The molecule has 0 nitrogen and oxygen atoms in total. The maximum Gasteiger partial charge on any atom is 0.416 e. The molecule has 82 valence electrons. The van der Waals surface area contributed by atoms with E-state index in [1.165, 1.54) is 12.8 Å². The first-order valence-electron chi connectivity index (χ1n) is 4.83. The van der Waals surface area contributed by atoms with E-state index in [1.54, 1.807) is 12.1 Å². The van der Waals surface area contributed by atoms with Crippen LogP contribution in [0.4, 0.5) is 13.2 Å². The lowest BCUT2D eigenvalue weighted by molar-refractivity contribution is -0.137. The topological polar surface area (TPSA) is 0 Å². The van der Waals surface area contributed by atoms with Crippen molar-refractivity contribution < 1.29 is 13.2 Å². The van der Waals surface area contributed by atoms with Gasteiger partial charge in [-0.2, -0.15) is 24.9 Å². The number of halogens is 3. The van der Waals surface area contributed by atoms with E-state index in [0.29, 0.717) is 0 Å². The number of thioether (sulfide) groups is 1. The third-order valence-corrected chi connectivity index (χ3v) is 3.73. The van der Waals surface area contributed by atoms with Gasteiger partial charge >= 0.3 is 6.18 Å². The van der Waals surface area contributed by atoms with Crippen LogP contribution < -0.4 is 0 Å². The smallest absolute Gasteiger partial charge is 0.166 e. The van der Waals surface area contributed by atoms with Gasteiger partial charge in [-0.25, -0.2) is 0 Å². The molecule has 0 unspecified atom stereocenters. The minimum absolute atomic E-state index is 0.567. The Bertz CT molecular complexity index is 325. The fourth-order valence-corrected chi connectivity index (χ4v) is 2.33. The van der Waals surface area contributed by atoms with E-state index < -0.39 is 11.7 Å². The summed E-state index contributed by atoms with van der Waals surface area (Å²) >= 11 is 1.83. The minimum Gasteiger partial charge on any atom is -0.166 e. The second kappa shape index (κ2) is 4.08. The largest absolute Gasteiger partial charge is 0.416 e. The highest BCUT2D eigenvalue weighted by atomic mass is 32.2. The van der Waals surface area contributed by atoms with E-state index in [2.05, 4.69) is 0 Å². The Morgan fingerprint density at radius 2 is 1.73 bits per heavy atom. The molecule has 1 fully saturated rings.